The van der Waals surface area contributed by atoms with Crippen molar-refractivity contribution in [3.05, 3.63) is 35.4 Å². The maximum atomic E-state index is 13.0. The fourth-order valence-corrected chi connectivity index (χ4v) is 1.48. The molecule has 1 unspecified atom stereocenters. The molecule has 0 aromatic heterocycles. The summed E-state index contributed by atoms with van der Waals surface area (Å²) in [6, 6.07) is 3.63. The molecule has 0 amide bonds. The Hall–Kier alpha value is -1.08. The number of rotatable bonds is 8. The molecule has 0 heterocycles. The minimum Gasteiger partial charge on any atom is -0.382 e. The predicted molar refractivity (Wildman–Crippen MR) is 63.9 cm³/mol. The van der Waals surface area contributed by atoms with Gasteiger partial charge in [0.1, 0.15) is 0 Å². The molecule has 0 aliphatic rings. The van der Waals surface area contributed by atoms with E-state index in [0.29, 0.717) is 31.8 Å². The second-order valence-electron chi connectivity index (χ2n) is 3.88. The monoisotopic (exact) mass is 260 g/mol. The number of hydrazine groups is 1. The third-order valence-corrected chi connectivity index (χ3v) is 2.45. The van der Waals surface area contributed by atoms with Crippen LogP contribution in [0.4, 0.5) is 8.78 Å². The SMILES string of the molecule is COCCOCC(Cc1ccc(F)c(F)c1)NN. The highest BCUT2D eigenvalue weighted by Crippen LogP contribution is 2.10. The van der Waals surface area contributed by atoms with E-state index in [9.17, 15) is 8.78 Å². The van der Waals surface area contributed by atoms with Gasteiger partial charge in [0.05, 0.1) is 19.8 Å². The van der Waals surface area contributed by atoms with Gasteiger partial charge >= 0.3 is 0 Å². The average Bonchev–Trinajstić information content (AvgIpc) is 2.37. The molecule has 102 valence electrons. The summed E-state index contributed by atoms with van der Waals surface area (Å²) >= 11 is 0. The number of methoxy groups -OCH3 is 1. The van der Waals surface area contributed by atoms with Gasteiger partial charge in [0.25, 0.3) is 0 Å². The van der Waals surface area contributed by atoms with Gasteiger partial charge in [-0.2, -0.15) is 0 Å². The lowest BCUT2D eigenvalue weighted by atomic mass is 10.1. The van der Waals surface area contributed by atoms with Gasteiger partial charge in [0.2, 0.25) is 0 Å². The molecule has 1 aromatic carbocycles. The smallest absolute Gasteiger partial charge is 0.159 e. The maximum absolute atomic E-state index is 13.0. The van der Waals surface area contributed by atoms with Gasteiger partial charge in [0, 0.05) is 13.2 Å². The molecule has 0 radical (unpaired) electrons. The van der Waals surface area contributed by atoms with Gasteiger partial charge in [-0.15, -0.1) is 0 Å². The maximum Gasteiger partial charge on any atom is 0.159 e. The minimum atomic E-state index is -0.858. The van der Waals surface area contributed by atoms with Crippen molar-refractivity contribution in [3.63, 3.8) is 0 Å². The van der Waals surface area contributed by atoms with E-state index in [0.717, 1.165) is 12.1 Å². The number of hydrogen-bond acceptors (Lipinski definition) is 4. The fraction of sp³-hybridized carbons (Fsp3) is 0.500. The van der Waals surface area contributed by atoms with Gasteiger partial charge in [0.15, 0.2) is 11.6 Å². The van der Waals surface area contributed by atoms with E-state index in [-0.39, 0.29) is 6.04 Å². The molecule has 1 aromatic rings. The second-order valence-corrected chi connectivity index (χ2v) is 3.88. The zero-order valence-electron chi connectivity index (χ0n) is 10.3. The Kier molecular flexibility index (Phi) is 6.74. The van der Waals surface area contributed by atoms with Gasteiger partial charge in [-0.3, -0.25) is 11.3 Å². The molecule has 4 nitrogen and oxygen atoms in total. The molecule has 6 heteroatoms. The third kappa shape index (κ3) is 5.05. The van der Waals surface area contributed by atoms with Crippen LogP contribution in [-0.2, 0) is 15.9 Å². The number of nitrogens with two attached hydrogens (primary N) is 1. The van der Waals surface area contributed by atoms with Gasteiger partial charge in [-0.05, 0) is 24.1 Å². The molecule has 3 N–H and O–H groups in total. The van der Waals surface area contributed by atoms with Crippen LogP contribution in [0.1, 0.15) is 5.56 Å². The number of ether oxygens (including phenoxy) is 2. The van der Waals surface area contributed by atoms with Crippen molar-refractivity contribution >= 4 is 0 Å². The summed E-state index contributed by atoms with van der Waals surface area (Å²) in [5.74, 6) is 3.66. The van der Waals surface area contributed by atoms with Gasteiger partial charge in [-0.25, -0.2) is 8.78 Å². The zero-order chi connectivity index (χ0) is 13.4. The molecular weight excluding hydrogens is 242 g/mol. The van der Waals surface area contributed by atoms with Crippen molar-refractivity contribution in [2.75, 3.05) is 26.9 Å². The predicted octanol–water partition coefficient (Wildman–Crippen LogP) is 1.00. The summed E-state index contributed by atoms with van der Waals surface area (Å²) in [6.07, 6.45) is 0.459. The highest BCUT2D eigenvalue weighted by molar-refractivity contribution is 5.18. The zero-order valence-corrected chi connectivity index (χ0v) is 10.3. The Morgan fingerprint density at radius 3 is 2.67 bits per heavy atom. The third-order valence-electron chi connectivity index (χ3n) is 2.45. The van der Waals surface area contributed by atoms with Crippen molar-refractivity contribution < 1.29 is 18.3 Å². The van der Waals surface area contributed by atoms with Crippen LogP contribution in [0.15, 0.2) is 18.2 Å². The summed E-state index contributed by atoms with van der Waals surface area (Å²) < 4.78 is 35.9. The van der Waals surface area contributed by atoms with Gasteiger partial charge in [-0.1, -0.05) is 6.07 Å². The van der Waals surface area contributed by atoms with E-state index in [1.165, 1.54) is 6.07 Å². The first-order valence-electron chi connectivity index (χ1n) is 5.64. The van der Waals surface area contributed by atoms with E-state index in [1.807, 2.05) is 0 Å². The van der Waals surface area contributed by atoms with Crippen LogP contribution in [0.2, 0.25) is 0 Å². The minimum absolute atomic E-state index is 0.160. The Morgan fingerprint density at radius 1 is 1.28 bits per heavy atom. The standard InChI is InChI=1S/C12H18F2N2O2/c1-17-4-5-18-8-10(16-15)6-9-2-3-11(13)12(14)7-9/h2-3,7,10,16H,4-6,8,15H2,1H3. The summed E-state index contributed by atoms with van der Waals surface area (Å²) in [5.41, 5.74) is 3.24. The molecule has 0 aliphatic carbocycles. The highest BCUT2D eigenvalue weighted by Gasteiger charge is 2.10. The van der Waals surface area contributed by atoms with E-state index in [4.69, 9.17) is 15.3 Å². The molecule has 0 bridgehead atoms. The van der Waals surface area contributed by atoms with E-state index in [1.54, 1.807) is 7.11 Å². The summed E-state index contributed by atoms with van der Waals surface area (Å²) in [5, 5.41) is 0. The van der Waals surface area contributed by atoms with E-state index < -0.39 is 11.6 Å². The van der Waals surface area contributed by atoms with Crippen LogP contribution in [0, 0.1) is 11.6 Å². The van der Waals surface area contributed by atoms with Crippen LogP contribution in [-0.4, -0.2) is 33.0 Å². The van der Waals surface area contributed by atoms with E-state index in [2.05, 4.69) is 5.43 Å². The fourth-order valence-electron chi connectivity index (χ4n) is 1.48. The molecule has 0 spiro atoms. The van der Waals surface area contributed by atoms with Crippen molar-refractivity contribution in [3.8, 4) is 0 Å². The molecule has 0 aliphatic heterocycles. The van der Waals surface area contributed by atoms with Crippen LogP contribution in [0.3, 0.4) is 0 Å². The largest absolute Gasteiger partial charge is 0.382 e. The summed E-state index contributed by atoms with van der Waals surface area (Å²) in [7, 11) is 1.59. The first-order chi connectivity index (χ1) is 8.67. The molecular formula is C12H18F2N2O2. The Morgan fingerprint density at radius 2 is 2.06 bits per heavy atom. The topological polar surface area (TPSA) is 56.5 Å². The quantitative estimate of drug-likeness (QED) is 0.416. The Balaban J connectivity index is 2.44. The molecule has 18 heavy (non-hydrogen) atoms. The number of benzene rings is 1. The first-order valence-corrected chi connectivity index (χ1v) is 5.64. The Labute approximate surface area is 105 Å². The lowest BCUT2D eigenvalue weighted by Gasteiger charge is -2.16. The normalized spacial score (nSPS) is 12.7. The number of nitrogens with one attached hydrogen (secondary N) is 1. The van der Waals surface area contributed by atoms with Gasteiger partial charge < -0.3 is 9.47 Å². The molecule has 0 saturated carbocycles. The van der Waals surface area contributed by atoms with Crippen molar-refractivity contribution in [1.82, 2.24) is 5.43 Å². The van der Waals surface area contributed by atoms with Crippen LogP contribution >= 0.6 is 0 Å². The summed E-state index contributed by atoms with van der Waals surface area (Å²) in [4.78, 5) is 0. The van der Waals surface area contributed by atoms with Crippen LogP contribution < -0.4 is 11.3 Å². The van der Waals surface area contributed by atoms with Crippen molar-refractivity contribution in [2.24, 2.45) is 5.84 Å². The van der Waals surface area contributed by atoms with Crippen LogP contribution in [0.25, 0.3) is 0 Å². The average molecular weight is 260 g/mol. The molecule has 0 fully saturated rings. The Bertz CT molecular complexity index is 364. The van der Waals surface area contributed by atoms with Crippen molar-refractivity contribution in [2.45, 2.75) is 12.5 Å². The number of halogens is 2. The molecule has 1 atom stereocenters. The van der Waals surface area contributed by atoms with E-state index >= 15 is 0 Å². The second kappa shape index (κ2) is 8.10. The molecule has 0 saturated heterocycles. The van der Waals surface area contributed by atoms with Crippen molar-refractivity contribution in [1.29, 1.82) is 0 Å². The highest BCUT2D eigenvalue weighted by atomic mass is 19.2. The first kappa shape index (κ1) is 15.0. The number of hydrogen-bond donors (Lipinski definition) is 2. The lowest BCUT2D eigenvalue weighted by Crippen LogP contribution is -2.40. The molecule has 1 rings (SSSR count). The summed E-state index contributed by atoms with van der Waals surface area (Å²) in [6.45, 7) is 1.34. The lowest BCUT2D eigenvalue weighted by molar-refractivity contribution is 0.0587. The van der Waals surface area contributed by atoms with Crippen LogP contribution in [0.5, 0.6) is 0 Å².